The van der Waals surface area contributed by atoms with Crippen LogP contribution in [0.2, 0.25) is 0 Å². The van der Waals surface area contributed by atoms with Gasteiger partial charge in [-0.15, -0.1) is 0 Å². The molecular formula is C19H22O5. The Hall–Kier alpha value is -2.27. The molecule has 5 heteroatoms. The zero-order valence-corrected chi connectivity index (χ0v) is 13.7. The molecular weight excluding hydrogens is 308 g/mol. The Morgan fingerprint density at radius 3 is 2.75 bits per heavy atom. The second-order valence-corrected chi connectivity index (χ2v) is 6.01. The molecule has 0 fully saturated rings. The van der Waals surface area contributed by atoms with Crippen LogP contribution in [0.4, 0.5) is 0 Å². The van der Waals surface area contributed by atoms with Crippen LogP contribution in [0.15, 0.2) is 36.4 Å². The number of hydrogen-bond acceptors (Lipinski definition) is 5. The topological polar surface area (TPSA) is 80.7 Å². The molecule has 5 nitrogen and oxygen atoms in total. The van der Waals surface area contributed by atoms with Crippen molar-refractivity contribution >= 4 is 17.5 Å². The predicted octanol–water partition coefficient (Wildman–Crippen LogP) is 2.46. The molecule has 0 aliphatic carbocycles. The zero-order valence-electron chi connectivity index (χ0n) is 13.7. The molecule has 0 amide bonds. The van der Waals surface area contributed by atoms with Crippen molar-refractivity contribution in [2.45, 2.75) is 51.2 Å². The maximum atomic E-state index is 12.6. The number of cyclic esters (lactones) is 1. The fraction of sp³-hybridized carbons (Fsp3) is 0.421. The van der Waals surface area contributed by atoms with Gasteiger partial charge in [-0.25, -0.2) is 0 Å². The molecule has 0 saturated heterocycles. The molecule has 1 N–H and O–H groups in total. The molecule has 0 aromatic heterocycles. The van der Waals surface area contributed by atoms with Crippen molar-refractivity contribution in [3.05, 3.63) is 47.5 Å². The van der Waals surface area contributed by atoms with Crippen LogP contribution in [0.3, 0.4) is 0 Å². The molecule has 0 spiro atoms. The number of allylic oxidation sites excluding steroid dienone is 2. The van der Waals surface area contributed by atoms with Gasteiger partial charge in [0.1, 0.15) is 5.78 Å². The highest BCUT2D eigenvalue weighted by atomic mass is 16.5. The summed E-state index contributed by atoms with van der Waals surface area (Å²) in [4.78, 5) is 35.6. The lowest BCUT2D eigenvalue weighted by Crippen LogP contribution is -2.25. The van der Waals surface area contributed by atoms with Crippen LogP contribution in [-0.2, 0) is 25.5 Å². The summed E-state index contributed by atoms with van der Waals surface area (Å²) in [6.45, 7) is 1.36. The van der Waals surface area contributed by atoms with Crippen molar-refractivity contribution < 1.29 is 24.2 Å². The summed E-state index contributed by atoms with van der Waals surface area (Å²) < 4.78 is 5.40. The van der Waals surface area contributed by atoms with E-state index >= 15 is 0 Å². The number of benzene rings is 1. The van der Waals surface area contributed by atoms with Gasteiger partial charge in [0, 0.05) is 24.8 Å². The highest BCUT2D eigenvalue weighted by Gasteiger charge is 2.28. The summed E-state index contributed by atoms with van der Waals surface area (Å²) in [5.74, 6) is -1.03. The van der Waals surface area contributed by atoms with Crippen LogP contribution in [0, 0.1) is 0 Å². The van der Waals surface area contributed by atoms with Crippen molar-refractivity contribution in [1.29, 1.82) is 0 Å². The normalized spacial score (nSPS) is 20.4. The fourth-order valence-corrected chi connectivity index (χ4v) is 2.74. The number of aliphatic hydroxyl groups is 1. The van der Waals surface area contributed by atoms with E-state index in [1.807, 2.05) is 24.3 Å². The number of ketones is 2. The van der Waals surface area contributed by atoms with Gasteiger partial charge in [-0.3, -0.25) is 14.4 Å². The minimum Gasteiger partial charge on any atom is -0.449 e. The van der Waals surface area contributed by atoms with Crippen LogP contribution in [0.25, 0.3) is 0 Å². The quantitative estimate of drug-likeness (QED) is 0.662. The highest BCUT2D eigenvalue weighted by Crippen LogP contribution is 2.27. The number of carbonyl (C=O) groups excluding carboxylic acids is 3. The minimum atomic E-state index is -1.06. The summed E-state index contributed by atoms with van der Waals surface area (Å²) in [6, 6.07) is 7.31. The average molecular weight is 330 g/mol. The van der Waals surface area contributed by atoms with E-state index < -0.39 is 24.0 Å². The highest BCUT2D eigenvalue weighted by molar-refractivity contribution is 5.88. The Balaban J connectivity index is 2.27. The third-order valence-corrected chi connectivity index (χ3v) is 3.86. The van der Waals surface area contributed by atoms with Gasteiger partial charge in [0.25, 0.3) is 0 Å². The van der Waals surface area contributed by atoms with Crippen LogP contribution in [0.1, 0.15) is 49.8 Å². The van der Waals surface area contributed by atoms with Gasteiger partial charge >= 0.3 is 5.97 Å². The number of rotatable bonds is 5. The lowest BCUT2D eigenvalue weighted by molar-refractivity contribution is -0.156. The number of aliphatic hydroxyl groups excluding tert-OH is 1. The number of ether oxygens (including phenoxy) is 1. The number of fused-ring (bicyclic) bond motifs is 1. The van der Waals surface area contributed by atoms with Crippen LogP contribution in [0.5, 0.6) is 0 Å². The molecule has 0 unspecified atom stereocenters. The molecule has 1 aromatic rings. The van der Waals surface area contributed by atoms with E-state index in [0.717, 1.165) is 5.56 Å². The molecule has 0 bridgehead atoms. The van der Waals surface area contributed by atoms with E-state index in [1.165, 1.54) is 6.92 Å². The van der Waals surface area contributed by atoms with Crippen LogP contribution in [-0.4, -0.2) is 28.7 Å². The van der Waals surface area contributed by atoms with Gasteiger partial charge in [0.05, 0.1) is 6.10 Å². The average Bonchev–Trinajstić information content (AvgIpc) is 2.52. The third-order valence-electron chi connectivity index (χ3n) is 3.86. The predicted molar refractivity (Wildman–Crippen MR) is 88.3 cm³/mol. The van der Waals surface area contributed by atoms with Crippen molar-refractivity contribution in [2.75, 3.05) is 0 Å². The third kappa shape index (κ3) is 5.13. The Bertz CT molecular complexity index is 647. The number of Topliss-reactive ketones (excluding diaryl/α,β-unsaturated/α-hetero) is 2. The second kappa shape index (κ2) is 8.55. The number of hydrogen-bond donors (Lipinski definition) is 1. The number of carbonyl (C=O) groups is 3. The van der Waals surface area contributed by atoms with E-state index in [9.17, 15) is 19.5 Å². The summed E-state index contributed by atoms with van der Waals surface area (Å²) in [6.07, 6.45) is 2.91. The summed E-state index contributed by atoms with van der Waals surface area (Å²) in [7, 11) is 0. The lowest BCUT2D eigenvalue weighted by Gasteiger charge is -2.21. The van der Waals surface area contributed by atoms with E-state index in [0.29, 0.717) is 18.4 Å². The smallest absolute Gasteiger partial charge is 0.307 e. The standard InChI is InChI=1S/C19H22O5/c1-13(20)11-15(21)12-17(22)19-16-9-6-5-8-14(16)7-3-2-4-10-18(23)24-19/h2-3,5-6,8-9,15,19,21H,4,7,10-12H2,1H3/b3-2-/t15-,19-/m0/s1. The summed E-state index contributed by atoms with van der Waals surface area (Å²) in [5, 5.41) is 9.87. The molecule has 1 heterocycles. The number of esters is 1. The summed E-state index contributed by atoms with van der Waals surface area (Å²) >= 11 is 0. The first-order valence-electron chi connectivity index (χ1n) is 8.10. The first kappa shape index (κ1) is 18.1. The van der Waals surface area contributed by atoms with Gasteiger partial charge in [-0.05, 0) is 25.3 Å². The van der Waals surface area contributed by atoms with E-state index in [1.54, 1.807) is 12.1 Å². The molecule has 2 atom stereocenters. The van der Waals surface area contributed by atoms with E-state index in [-0.39, 0.29) is 25.0 Å². The molecule has 128 valence electrons. The van der Waals surface area contributed by atoms with Gasteiger partial charge in [-0.2, -0.15) is 0 Å². The Kier molecular flexibility index (Phi) is 6.44. The maximum Gasteiger partial charge on any atom is 0.307 e. The molecule has 0 saturated carbocycles. The second-order valence-electron chi connectivity index (χ2n) is 6.01. The summed E-state index contributed by atoms with van der Waals surface area (Å²) in [5.41, 5.74) is 1.54. The maximum absolute atomic E-state index is 12.6. The van der Waals surface area contributed by atoms with Gasteiger partial charge in [0.15, 0.2) is 11.9 Å². The van der Waals surface area contributed by atoms with E-state index in [2.05, 4.69) is 0 Å². The van der Waals surface area contributed by atoms with Crippen molar-refractivity contribution in [3.8, 4) is 0 Å². The minimum absolute atomic E-state index is 0.0865. The molecule has 1 aliphatic heterocycles. The van der Waals surface area contributed by atoms with Crippen molar-refractivity contribution in [1.82, 2.24) is 0 Å². The SMILES string of the molecule is CC(=O)C[C@H](O)CC(=O)[C@H]1OC(=O)CC/C=C\Cc2ccccc21. The molecule has 24 heavy (non-hydrogen) atoms. The molecule has 2 rings (SSSR count). The first-order valence-corrected chi connectivity index (χ1v) is 8.10. The Morgan fingerprint density at radius 1 is 1.25 bits per heavy atom. The lowest BCUT2D eigenvalue weighted by atomic mass is 9.94. The van der Waals surface area contributed by atoms with Crippen molar-refractivity contribution in [3.63, 3.8) is 0 Å². The monoisotopic (exact) mass is 330 g/mol. The van der Waals surface area contributed by atoms with Gasteiger partial charge in [-0.1, -0.05) is 36.4 Å². The zero-order chi connectivity index (χ0) is 17.5. The van der Waals surface area contributed by atoms with Crippen LogP contribution < -0.4 is 0 Å². The van der Waals surface area contributed by atoms with Gasteiger partial charge < -0.3 is 9.84 Å². The van der Waals surface area contributed by atoms with Crippen molar-refractivity contribution in [2.24, 2.45) is 0 Å². The molecule has 0 radical (unpaired) electrons. The first-order chi connectivity index (χ1) is 11.5. The van der Waals surface area contributed by atoms with Crippen LogP contribution >= 0.6 is 0 Å². The molecule has 1 aromatic carbocycles. The molecule has 1 aliphatic rings. The Labute approximate surface area is 141 Å². The van der Waals surface area contributed by atoms with Gasteiger partial charge in [0.2, 0.25) is 0 Å². The fourth-order valence-electron chi connectivity index (χ4n) is 2.74. The largest absolute Gasteiger partial charge is 0.449 e. The van der Waals surface area contributed by atoms with E-state index in [4.69, 9.17) is 4.74 Å². The Morgan fingerprint density at radius 2 is 2.00 bits per heavy atom.